The van der Waals surface area contributed by atoms with E-state index in [-0.39, 0.29) is 11.3 Å². The van der Waals surface area contributed by atoms with Gasteiger partial charge in [0.15, 0.2) is 11.0 Å². The van der Waals surface area contributed by atoms with Crippen molar-refractivity contribution in [1.29, 1.82) is 0 Å². The van der Waals surface area contributed by atoms with Gasteiger partial charge >= 0.3 is 0 Å². The molecule has 0 unspecified atom stereocenters. The normalized spacial score (nSPS) is 14.9. The lowest BCUT2D eigenvalue weighted by molar-refractivity contribution is -0.129. The molecule has 2 aromatic rings. The zero-order chi connectivity index (χ0) is 20.1. The summed E-state index contributed by atoms with van der Waals surface area (Å²) < 4.78 is 2.03. The first-order chi connectivity index (χ1) is 13.4. The molecular weight excluding hydrogens is 368 g/mol. The molecule has 28 heavy (non-hydrogen) atoms. The SMILES string of the molecule is C=CCn1c(SCC(=O)N2CCCCC2)nnc1-c1ccc(C(C)(C)C)cc1. The summed E-state index contributed by atoms with van der Waals surface area (Å²) in [6.45, 7) is 12.9. The average Bonchev–Trinajstić information content (AvgIpc) is 3.09. The smallest absolute Gasteiger partial charge is 0.233 e. The molecule has 1 aliphatic heterocycles. The highest BCUT2D eigenvalue weighted by Gasteiger charge is 2.20. The number of likely N-dealkylation sites (tertiary alicyclic amines) is 1. The summed E-state index contributed by atoms with van der Waals surface area (Å²) in [7, 11) is 0. The van der Waals surface area contributed by atoms with Crippen molar-refractivity contribution in [3.63, 3.8) is 0 Å². The number of carbonyl (C=O) groups excluding carboxylic acids is 1. The molecule has 0 radical (unpaired) electrons. The van der Waals surface area contributed by atoms with Crippen molar-refractivity contribution in [2.75, 3.05) is 18.8 Å². The van der Waals surface area contributed by atoms with E-state index in [2.05, 4.69) is 61.8 Å². The second-order valence-corrected chi connectivity index (χ2v) is 9.21. The molecule has 0 atom stereocenters. The van der Waals surface area contributed by atoms with Gasteiger partial charge in [0.05, 0.1) is 5.75 Å². The van der Waals surface area contributed by atoms with Gasteiger partial charge in [0.25, 0.3) is 0 Å². The number of benzene rings is 1. The van der Waals surface area contributed by atoms with Gasteiger partial charge in [0.2, 0.25) is 5.91 Å². The van der Waals surface area contributed by atoms with E-state index in [4.69, 9.17) is 0 Å². The summed E-state index contributed by atoms with van der Waals surface area (Å²) in [5.41, 5.74) is 2.42. The fraction of sp³-hybridized carbons (Fsp3) is 0.500. The summed E-state index contributed by atoms with van der Waals surface area (Å²) in [4.78, 5) is 14.4. The minimum absolute atomic E-state index is 0.114. The Labute approximate surface area is 172 Å². The molecule has 1 fully saturated rings. The molecule has 6 heteroatoms. The van der Waals surface area contributed by atoms with Gasteiger partial charge in [-0.05, 0) is 30.2 Å². The molecule has 0 spiro atoms. The topological polar surface area (TPSA) is 51.0 Å². The molecule has 0 N–H and O–H groups in total. The van der Waals surface area contributed by atoms with Crippen molar-refractivity contribution in [3.05, 3.63) is 42.5 Å². The minimum Gasteiger partial charge on any atom is -0.342 e. The van der Waals surface area contributed by atoms with Crippen LogP contribution in [0.2, 0.25) is 0 Å². The quantitative estimate of drug-likeness (QED) is 0.530. The third-order valence-electron chi connectivity index (χ3n) is 5.07. The van der Waals surface area contributed by atoms with Gasteiger partial charge in [-0.25, -0.2) is 0 Å². The van der Waals surface area contributed by atoms with Gasteiger partial charge in [-0.3, -0.25) is 9.36 Å². The van der Waals surface area contributed by atoms with Gasteiger partial charge in [-0.15, -0.1) is 16.8 Å². The van der Waals surface area contributed by atoms with Crippen LogP contribution >= 0.6 is 11.8 Å². The first kappa shape index (κ1) is 20.6. The van der Waals surface area contributed by atoms with Crippen molar-refractivity contribution in [3.8, 4) is 11.4 Å². The summed E-state index contributed by atoms with van der Waals surface area (Å²) in [6.07, 6.45) is 5.28. The molecule has 3 rings (SSSR count). The fourth-order valence-electron chi connectivity index (χ4n) is 3.38. The van der Waals surface area contributed by atoms with Crippen LogP contribution in [0.4, 0.5) is 0 Å². The number of thioether (sulfide) groups is 1. The molecule has 150 valence electrons. The third kappa shape index (κ3) is 4.85. The number of piperidine rings is 1. The van der Waals surface area contributed by atoms with E-state index in [1.165, 1.54) is 23.7 Å². The number of carbonyl (C=O) groups is 1. The summed E-state index contributed by atoms with van der Waals surface area (Å²) in [5.74, 6) is 1.40. The molecule has 1 aromatic carbocycles. The lowest BCUT2D eigenvalue weighted by Crippen LogP contribution is -2.36. The maximum atomic E-state index is 12.5. The minimum atomic E-state index is 0.114. The van der Waals surface area contributed by atoms with E-state index in [1.807, 2.05) is 15.5 Å². The van der Waals surface area contributed by atoms with E-state index in [0.29, 0.717) is 12.3 Å². The lowest BCUT2D eigenvalue weighted by Gasteiger charge is -2.26. The predicted molar refractivity (Wildman–Crippen MR) is 116 cm³/mol. The highest BCUT2D eigenvalue weighted by atomic mass is 32.2. The second-order valence-electron chi connectivity index (χ2n) is 8.26. The highest BCUT2D eigenvalue weighted by molar-refractivity contribution is 7.99. The van der Waals surface area contributed by atoms with Crippen LogP contribution in [-0.4, -0.2) is 44.4 Å². The van der Waals surface area contributed by atoms with Gasteiger partial charge in [0.1, 0.15) is 0 Å². The molecule has 5 nitrogen and oxygen atoms in total. The highest BCUT2D eigenvalue weighted by Crippen LogP contribution is 2.28. The lowest BCUT2D eigenvalue weighted by atomic mass is 9.87. The van der Waals surface area contributed by atoms with Crippen molar-refractivity contribution < 1.29 is 4.79 Å². The van der Waals surface area contributed by atoms with Gasteiger partial charge < -0.3 is 4.90 Å². The van der Waals surface area contributed by atoms with Crippen molar-refractivity contribution in [2.24, 2.45) is 0 Å². The summed E-state index contributed by atoms with van der Waals surface area (Å²) in [6, 6.07) is 8.49. The summed E-state index contributed by atoms with van der Waals surface area (Å²) >= 11 is 1.46. The first-order valence-corrected chi connectivity index (χ1v) is 10.9. The molecule has 0 aliphatic carbocycles. The second kappa shape index (κ2) is 8.95. The third-order valence-corrected chi connectivity index (χ3v) is 6.02. The monoisotopic (exact) mass is 398 g/mol. The Hall–Kier alpha value is -2.08. The number of rotatable bonds is 6. The van der Waals surface area contributed by atoms with Crippen molar-refractivity contribution >= 4 is 17.7 Å². The first-order valence-electron chi connectivity index (χ1n) is 9.96. The van der Waals surface area contributed by atoms with Gasteiger partial charge in [-0.2, -0.15) is 0 Å². The molecule has 1 aromatic heterocycles. The van der Waals surface area contributed by atoms with Crippen molar-refractivity contribution in [2.45, 2.75) is 57.1 Å². The number of nitrogens with zero attached hydrogens (tertiary/aromatic N) is 4. The Morgan fingerprint density at radius 1 is 1.14 bits per heavy atom. The Morgan fingerprint density at radius 3 is 2.43 bits per heavy atom. The Morgan fingerprint density at radius 2 is 1.82 bits per heavy atom. The molecule has 2 heterocycles. The van der Waals surface area contributed by atoms with Gasteiger partial charge in [0, 0.05) is 25.2 Å². The van der Waals surface area contributed by atoms with Crippen LogP contribution in [0.1, 0.15) is 45.6 Å². The maximum Gasteiger partial charge on any atom is 0.233 e. The van der Waals surface area contributed by atoms with Crippen LogP contribution in [0.25, 0.3) is 11.4 Å². The van der Waals surface area contributed by atoms with Crippen LogP contribution in [-0.2, 0) is 16.8 Å². The molecule has 0 saturated carbocycles. The summed E-state index contributed by atoms with van der Waals surface area (Å²) in [5, 5.41) is 9.53. The fourth-order valence-corrected chi connectivity index (χ4v) is 4.23. The zero-order valence-corrected chi connectivity index (χ0v) is 18.0. The van der Waals surface area contributed by atoms with E-state index in [0.717, 1.165) is 42.5 Å². The van der Waals surface area contributed by atoms with Crippen LogP contribution in [0.3, 0.4) is 0 Å². The van der Waals surface area contributed by atoms with Crippen LogP contribution in [0.15, 0.2) is 42.1 Å². The molecule has 1 saturated heterocycles. The van der Waals surface area contributed by atoms with E-state index >= 15 is 0 Å². The largest absolute Gasteiger partial charge is 0.342 e. The molecule has 1 aliphatic rings. The van der Waals surface area contributed by atoms with Crippen molar-refractivity contribution in [1.82, 2.24) is 19.7 Å². The van der Waals surface area contributed by atoms with E-state index in [9.17, 15) is 4.79 Å². The molecular formula is C22H30N4OS. The van der Waals surface area contributed by atoms with E-state index < -0.39 is 0 Å². The van der Waals surface area contributed by atoms with Crippen LogP contribution in [0, 0.1) is 0 Å². The number of aromatic nitrogens is 3. The Kier molecular flexibility index (Phi) is 6.60. The number of hydrogen-bond donors (Lipinski definition) is 0. The predicted octanol–water partition coefficient (Wildman–Crippen LogP) is 4.53. The van der Waals surface area contributed by atoms with E-state index in [1.54, 1.807) is 0 Å². The van der Waals surface area contributed by atoms with Crippen LogP contribution in [0.5, 0.6) is 0 Å². The molecule has 0 bridgehead atoms. The zero-order valence-electron chi connectivity index (χ0n) is 17.1. The number of amides is 1. The Balaban J connectivity index is 1.75. The standard InChI is InChI=1S/C22H30N4OS/c1-5-13-26-20(17-9-11-18(12-10-17)22(2,3)4)23-24-21(26)28-16-19(27)25-14-7-6-8-15-25/h5,9-12H,1,6-8,13-16H2,2-4H3. The average molecular weight is 399 g/mol. The molecule has 1 amide bonds. The Bertz CT molecular complexity index is 814. The maximum absolute atomic E-state index is 12.5. The van der Waals surface area contributed by atoms with Crippen LogP contribution < -0.4 is 0 Å². The van der Waals surface area contributed by atoms with Gasteiger partial charge in [-0.1, -0.05) is 62.9 Å². The number of hydrogen-bond acceptors (Lipinski definition) is 4. The number of allylic oxidation sites excluding steroid dienone is 1.